The number of rotatable bonds is 3. The third kappa shape index (κ3) is 3.04. The SMILES string of the molecule is NC(=O)c1cc(NC(=O)c2cccc(=O)[nH]2)ccc1Cl. The molecule has 0 bridgehead atoms. The second-order valence-corrected chi connectivity index (χ2v) is 4.35. The number of aromatic nitrogens is 1. The summed E-state index contributed by atoms with van der Waals surface area (Å²) in [6, 6.07) is 8.55. The number of pyridine rings is 1. The van der Waals surface area contributed by atoms with Crippen LogP contribution in [0.1, 0.15) is 20.8 Å². The maximum atomic E-state index is 11.9. The van der Waals surface area contributed by atoms with Gasteiger partial charge in [0, 0.05) is 11.8 Å². The highest BCUT2D eigenvalue weighted by Gasteiger charge is 2.11. The number of benzene rings is 1. The summed E-state index contributed by atoms with van der Waals surface area (Å²) in [6.45, 7) is 0. The predicted molar refractivity (Wildman–Crippen MR) is 75.0 cm³/mol. The fourth-order valence-electron chi connectivity index (χ4n) is 1.57. The van der Waals surface area contributed by atoms with Crippen molar-refractivity contribution in [1.29, 1.82) is 0 Å². The molecule has 0 aliphatic heterocycles. The molecular weight excluding hydrogens is 282 g/mol. The molecule has 1 aromatic carbocycles. The number of nitrogens with one attached hydrogen (secondary N) is 2. The Labute approximate surface area is 118 Å². The Morgan fingerprint density at radius 3 is 2.60 bits per heavy atom. The molecule has 7 heteroatoms. The molecule has 0 radical (unpaired) electrons. The summed E-state index contributed by atoms with van der Waals surface area (Å²) >= 11 is 5.80. The molecule has 0 unspecified atom stereocenters. The summed E-state index contributed by atoms with van der Waals surface area (Å²) in [5.41, 5.74) is 5.33. The van der Waals surface area contributed by atoms with Crippen molar-refractivity contribution < 1.29 is 9.59 Å². The van der Waals surface area contributed by atoms with Crippen LogP contribution in [-0.4, -0.2) is 16.8 Å². The van der Waals surface area contributed by atoms with Crippen molar-refractivity contribution in [1.82, 2.24) is 4.98 Å². The second kappa shape index (κ2) is 5.58. The Hall–Kier alpha value is -2.60. The van der Waals surface area contributed by atoms with Crippen LogP contribution in [0, 0.1) is 0 Å². The van der Waals surface area contributed by atoms with E-state index < -0.39 is 11.8 Å². The van der Waals surface area contributed by atoms with Crippen molar-refractivity contribution in [3.05, 3.63) is 63.0 Å². The van der Waals surface area contributed by atoms with Crippen LogP contribution < -0.4 is 16.6 Å². The van der Waals surface area contributed by atoms with Crippen LogP contribution in [0.25, 0.3) is 0 Å². The zero-order valence-corrected chi connectivity index (χ0v) is 10.9. The molecule has 0 aliphatic carbocycles. The van der Waals surface area contributed by atoms with Crippen molar-refractivity contribution in [2.75, 3.05) is 5.32 Å². The minimum atomic E-state index is -0.695. The van der Waals surface area contributed by atoms with Gasteiger partial charge in [-0.1, -0.05) is 17.7 Å². The first-order valence-electron chi connectivity index (χ1n) is 5.57. The number of carbonyl (C=O) groups is 2. The molecule has 4 N–H and O–H groups in total. The molecule has 0 saturated carbocycles. The van der Waals surface area contributed by atoms with Gasteiger partial charge in [0.25, 0.3) is 5.91 Å². The first-order valence-corrected chi connectivity index (χ1v) is 5.95. The van der Waals surface area contributed by atoms with E-state index in [1.807, 2.05) is 0 Å². The van der Waals surface area contributed by atoms with Gasteiger partial charge in [-0.15, -0.1) is 0 Å². The lowest BCUT2D eigenvalue weighted by molar-refractivity contribution is 0.0995. The van der Waals surface area contributed by atoms with Gasteiger partial charge in [0.2, 0.25) is 11.5 Å². The van der Waals surface area contributed by atoms with Gasteiger partial charge < -0.3 is 16.0 Å². The van der Waals surface area contributed by atoms with Gasteiger partial charge in [0.05, 0.1) is 10.6 Å². The van der Waals surface area contributed by atoms with Crippen molar-refractivity contribution in [3.8, 4) is 0 Å². The largest absolute Gasteiger partial charge is 0.366 e. The van der Waals surface area contributed by atoms with Crippen molar-refractivity contribution >= 4 is 29.1 Å². The first-order chi connectivity index (χ1) is 9.47. The number of hydrogen-bond donors (Lipinski definition) is 3. The summed E-state index contributed by atoms with van der Waals surface area (Å²) in [7, 11) is 0. The van der Waals surface area contributed by atoms with E-state index in [9.17, 15) is 14.4 Å². The summed E-state index contributed by atoms with van der Waals surface area (Å²) < 4.78 is 0. The zero-order valence-electron chi connectivity index (χ0n) is 10.1. The third-order valence-corrected chi connectivity index (χ3v) is 2.83. The monoisotopic (exact) mass is 291 g/mol. The fourth-order valence-corrected chi connectivity index (χ4v) is 1.78. The Morgan fingerprint density at radius 2 is 1.95 bits per heavy atom. The van der Waals surface area contributed by atoms with Crippen molar-refractivity contribution in [2.24, 2.45) is 5.73 Å². The smallest absolute Gasteiger partial charge is 0.272 e. The van der Waals surface area contributed by atoms with Crippen LogP contribution >= 0.6 is 11.6 Å². The highest BCUT2D eigenvalue weighted by atomic mass is 35.5. The highest BCUT2D eigenvalue weighted by Crippen LogP contribution is 2.20. The average Bonchev–Trinajstić information content (AvgIpc) is 2.40. The summed E-state index contributed by atoms with van der Waals surface area (Å²) in [5, 5.41) is 2.73. The maximum Gasteiger partial charge on any atom is 0.272 e. The molecule has 1 aromatic heterocycles. The van der Waals surface area contributed by atoms with Gasteiger partial charge in [-0.2, -0.15) is 0 Å². The Kier molecular flexibility index (Phi) is 3.86. The summed E-state index contributed by atoms with van der Waals surface area (Å²) in [4.78, 5) is 36.6. The first kappa shape index (κ1) is 13.8. The van der Waals surface area contributed by atoms with E-state index in [4.69, 9.17) is 17.3 Å². The van der Waals surface area contributed by atoms with E-state index in [2.05, 4.69) is 10.3 Å². The van der Waals surface area contributed by atoms with Crippen LogP contribution in [0.2, 0.25) is 5.02 Å². The molecule has 20 heavy (non-hydrogen) atoms. The second-order valence-electron chi connectivity index (χ2n) is 3.94. The van der Waals surface area contributed by atoms with Crippen molar-refractivity contribution in [3.63, 3.8) is 0 Å². The minimum absolute atomic E-state index is 0.103. The zero-order chi connectivity index (χ0) is 14.7. The molecule has 0 saturated heterocycles. The maximum absolute atomic E-state index is 11.9. The molecular formula is C13H10ClN3O3. The van der Waals surface area contributed by atoms with Gasteiger partial charge in [-0.05, 0) is 24.3 Å². The average molecular weight is 292 g/mol. The van der Waals surface area contributed by atoms with Crippen LogP contribution in [0.4, 0.5) is 5.69 Å². The van der Waals surface area contributed by atoms with Gasteiger partial charge in [-0.25, -0.2) is 0 Å². The number of H-pyrrole nitrogens is 1. The fraction of sp³-hybridized carbons (Fsp3) is 0. The lowest BCUT2D eigenvalue weighted by Crippen LogP contribution is -2.18. The minimum Gasteiger partial charge on any atom is -0.366 e. The van der Waals surface area contributed by atoms with E-state index in [0.717, 1.165) is 0 Å². The van der Waals surface area contributed by atoms with E-state index >= 15 is 0 Å². The standard InChI is InChI=1S/C13H10ClN3O3/c14-9-5-4-7(6-8(9)12(15)19)16-13(20)10-2-1-3-11(18)17-10/h1-6H,(H2,15,19)(H,16,20)(H,17,18). The molecule has 1 heterocycles. The molecule has 6 nitrogen and oxygen atoms in total. The van der Waals surface area contributed by atoms with E-state index in [1.54, 1.807) is 0 Å². The number of anilines is 1. The summed E-state index contributed by atoms with van der Waals surface area (Å²) in [5.74, 6) is -1.21. The highest BCUT2D eigenvalue weighted by molar-refractivity contribution is 6.34. The molecule has 0 aliphatic rings. The molecule has 102 valence electrons. The molecule has 0 fully saturated rings. The molecule has 0 spiro atoms. The van der Waals surface area contributed by atoms with Crippen molar-refractivity contribution in [2.45, 2.75) is 0 Å². The number of carbonyl (C=O) groups excluding carboxylic acids is 2. The Balaban J connectivity index is 2.26. The van der Waals surface area contributed by atoms with E-state index in [1.165, 1.54) is 36.4 Å². The molecule has 2 aromatic rings. The number of halogens is 1. The number of aromatic amines is 1. The van der Waals surface area contributed by atoms with Gasteiger partial charge in [-0.3, -0.25) is 14.4 Å². The molecule has 0 atom stereocenters. The summed E-state index contributed by atoms with van der Waals surface area (Å²) in [6.07, 6.45) is 0. The predicted octanol–water partition coefficient (Wildman–Crippen LogP) is 1.38. The molecule has 2 rings (SSSR count). The lowest BCUT2D eigenvalue weighted by atomic mass is 10.2. The van der Waals surface area contributed by atoms with Crippen LogP contribution in [-0.2, 0) is 0 Å². The number of nitrogens with two attached hydrogens (primary N) is 1. The Bertz CT molecular complexity index is 740. The van der Waals surface area contributed by atoms with Gasteiger partial charge in [0.1, 0.15) is 5.69 Å². The quantitative estimate of drug-likeness (QED) is 0.795. The molecule has 2 amide bonds. The van der Waals surface area contributed by atoms with Crippen LogP contribution in [0.5, 0.6) is 0 Å². The Morgan fingerprint density at radius 1 is 1.20 bits per heavy atom. The van der Waals surface area contributed by atoms with Crippen LogP contribution in [0.15, 0.2) is 41.2 Å². The number of amides is 2. The van der Waals surface area contributed by atoms with E-state index in [0.29, 0.717) is 5.69 Å². The number of hydrogen-bond acceptors (Lipinski definition) is 3. The van der Waals surface area contributed by atoms with Gasteiger partial charge >= 0.3 is 0 Å². The lowest BCUT2D eigenvalue weighted by Gasteiger charge is -2.07. The van der Waals surface area contributed by atoms with Crippen LogP contribution in [0.3, 0.4) is 0 Å². The third-order valence-electron chi connectivity index (χ3n) is 2.50. The topological polar surface area (TPSA) is 105 Å². The van der Waals surface area contributed by atoms with Gasteiger partial charge in [0.15, 0.2) is 0 Å². The van der Waals surface area contributed by atoms with E-state index in [-0.39, 0.29) is 21.8 Å². The normalized spacial score (nSPS) is 10.1. The number of primary amides is 1.